The Hall–Kier alpha value is -0.850. The van der Waals surface area contributed by atoms with Crippen molar-refractivity contribution in [1.82, 2.24) is 10.2 Å². The number of nitrogens with zero attached hydrogens (tertiary/aromatic N) is 3. The smallest absolute Gasteiger partial charge is 0.345 e. The van der Waals surface area contributed by atoms with Crippen LogP contribution in [0.25, 0.3) is 0 Å². The summed E-state index contributed by atoms with van der Waals surface area (Å²) < 4.78 is 36.2. The van der Waals surface area contributed by atoms with Crippen LogP contribution in [0.5, 0.6) is 0 Å². The van der Waals surface area contributed by atoms with Gasteiger partial charge >= 0.3 is 6.18 Å². The van der Waals surface area contributed by atoms with Gasteiger partial charge in [-0.3, -0.25) is 0 Å². The summed E-state index contributed by atoms with van der Waals surface area (Å²) in [5, 5.41) is 7.81. The molecule has 0 spiro atoms. The molecule has 1 saturated heterocycles. The van der Waals surface area contributed by atoms with Crippen LogP contribution in [0.3, 0.4) is 0 Å². The van der Waals surface area contributed by atoms with E-state index in [0.717, 1.165) is 0 Å². The number of aromatic nitrogens is 2. The molecule has 1 aliphatic rings. The van der Waals surface area contributed by atoms with Gasteiger partial charge in [-0.25, -0.2) is 0 Å². The molecule has 0 bridgehead atoms. The predicted octanol–water partition coefficient (Wildman–Crippen LogP) is 1.54. The van der Waals surface area contributed by atoms with Crippen molar-refractivity contribution >= 4 is 16.5 Å². The molecule has 13 heavy (non-hydrogen) atoms. The molecule has 72 valence electrons. The highest BCUT2D eigenvalue weighted by Crippen LogP contribution is 2.36. The summed E-state index contributed by atoms with van der Waals surface area (Å²) in [6, 6.07) is 0. The number of anilines is 1. The molecular formula is C6H6F3N3S. The summed E-state index contributed by atoms with van der Waals surface area (Å²) in [6.07, 6.45) is -4.07. The first-order chi connectivity index (χ1) is 6.07. The van der Waals surface area contributed by atoms with E-state index in [1.165, 1.54) is 16.8 Å². The van der Waals surface area contributed by atoms with E-state index in [2.05, 4.69) is 10.2 Å². The Balaban J connectivity index is 1.93. The second-order valence-electron chi connectivity index (χ2n) is 2.86. The van der Waals surface area contributed by atoms with Crippen LogP contribution in [0, 0.1) is 5.92 Å². The van der Waals surface area contributed by atoms with Crippen molar-refractivity contribution in [1.29, 1.82) is 0 Å². The lowest BCUT2D eigenvalue weighted by atomic mass is 10.0. The zero-order valence-corrected chi connectivity index (χ0v) is 7.27. The molecule has 1 aromatic heterocycles. The van der Waals surface area contributed by atoms with Crippen LogP contribution in [0.2, 0.25) is 0 Å². The summed E-state index contributed by atoms with van der Waals surface area (Å²) >= 11 is 1.26. The Kier molecular flexibility index (Phi) is 1.90. The van der Waals surface area contributed by atoms with Crippen LogP contribution >= 0.6 is 11.3 Å². The van der Waals surface area contributed by atoms with Crippen molar-refractivity contribution in [2.24, 2.45) is 5.92 Å². The fourth-order valence-electron chi connectivity index (χ4n) is 1.15. The molecule has 0 N–H and O–H groups in total. The molecule has 0 aliphatic carbocycles. The third-order valence-electron chi connectivity index (χ3n) is 1.96. The van der Waals surface area contributed by atoms with Gasteiger partial charge in [0.2, 0.25) is 5.13 Å². The number of rotatable bonds is 1. The van der Waals surface area contributed by atoms with Gasteiger partial charge in [0.1, 0.15) is 5.51 Å². The van der Waals surface area contributed by atoms with Gasteiger partial charge < -0.3 is 4.90 Å². The van der Waals surface area contributed by atoms with Crippen molar-refractivity contribution in [3.05, 3.63) is 5.51 Å². The predicted molar refractivity (Wildman–Crippen MR) is 41.7 cm³/mol. The highest BCUT2D eigenvalue weighted by atomic mass is 32.1. The van der Waals surface area contributed by atoms with E-state index in [1.54, 1.807) is 4.90 Å². The third kappa shape index (κ3) is 1.60. The maximum atomic E-state index is 12.1. The Bertz CT molecular complexity index is 278. The van der Waals surface area contributed by atoms with Crippen molar-refractivity contribution in [3.8, 4) is 0 Å². The molecule has 0 atom stereocenters. The van der Waals surface area contributed by atoms with E-state index >= 15 is 0 Å². The van der Waals surface area contributed by atoms with Gasteiger partial charge in [-0.05, 0) is 0 Å². The van der Waals surface area contributed by atoms with Crippen molar-refractivity contribution in [2.45, 2.75) is 6.18 Å². The van der Waals surface area contributed by atoms with Gasteiger partial charge in [-0.1, -0.05) is 11.3 Å². The standard InChI is InChI=1S/C6H6F3N3S/c7-6(8,9)4-1-12(2-4)5-11-10-3-13-5/h3-4H,1-2H2. The Morgan fingerprint density at radius 3 is 2.62 bits per heavy atom. The molecule has 0 radical (unpaired) electrons. The highest BCUT2D eigenvalue weighted by Gasteiger charge is 2.47. The lowest BCUT2D eigenvalue weighted by Gasteiger charge is -2.39. The topological polar surface area (TPSA) is 29.0 Å². The van der Waals surface area contributed by atoms with Gasteiger partial charge in [-0.15, -0.1) is 10.2 Å². The fraction of sp³-hybridized carbons (Fsp3) is 0.667. The van der Waals surface area contributed by atoms with E-state index < -0.39 is 12.1 Å². The molecule has 2 heterocycles. The normalized spacial score (nSPS) is 18.8. The SMILES string of the molecule is FC(F)(F)C1CN(c2nncs2)C1. The molecule has 7 heteroatoms. The van der Waals surface area contributed by atoms with E-state index in [-0.39, 0.29) is 13.1 Å². The fourth-order valence-corrected chi connectivity index (χ4v) is 1.73. The number of hydrogen-bond donors (Lipinski definition) is 0. The second kappa shape index (κ2) is 2.83. The van der Waals surface area contributed by atoms with Crippen LogP contribution in [-0.2, 0) is 0 Å². The maximum Gasteiger partial charge on any atom is 0.395 e. The average Bonchev–Trinajstić information content (AvgIpc) is 2.31. The summed E-state index contributed by atoms with van der Waals surface area (Å²) in [5.74, 6) is -1.20. The molecule has 3 nitrogen and oxygen atoms in total. The second-order valence-corrected chi connectivity index (χ2v) is 3.68. The average molecular weight is 209 g/mol. The molecule has 1 aliphatic heterocycles. The number of halogens is 3. The van der Waals surface area contributed by atoms with Crippen LogP contribution < -0.4 is 4.90 Å². The molecule has 0 aromatic carbocycles. The summed E-state index contributed by atoms with van der Waals surface area (Å²) in [7, 11) is 0. The van der Waals surface area contributed by atoms with Gasteiger partial charge in [0.15, 0.2) is 0 Å². The van der Waals surface area contributed by atoms with E-state index in [9.17, 15) is 13.2 Å². The van der Waals surface area contributed by atoms with Crippen LogP contribution in [-0.4, -0.2) is 29.5 Å². The number of alkyl halides is 3. The first-order valence-electron chi connectivity index (χ1n) is 3.65. The minimum absolute atomic E-state index is 0.0126. The molecule has 0 amide bonds. The zero-order valence-electron chi connectivity index (χ0n) is 6.45. The third-order valence-corrected chi connectivity index (χ3v) is 2.71. The molecule has 1 aromatic rings. The van der Waals surface area contributed by atoms with Crippen LogP contribution in [0.1, 0.15) is 0 Å². The lowest BCUT2D eigenvalue weighted by Crippen LogP contribution is -2.53. The Morgan fingerprint density at radius 2 is 2.15 bits per heavy atom. The highest BCUT2D eigenvalue weighted by molar-refractivity contribution is 7.13. The van der Waals surface area contributed by atoms with Gasteiger partial charge in [0.25, 0.3) is 0 Å². The largest absolute Gasteiger partial charge is 0.395 e. The molecule has 0 saturated carbocycles. The van der Waals surface area contributed by atoms with Crippen molar-refractivity contribution in [2.75, 3.05) is 18.0 Å². The molecule has 2 rings (SSSR count). The number of hydrogen-bond acceptors (Lipinski definition) is 4. The van der Waals surface area contributed by atoms with E-state index in [4.69, 9.17) is 0 Å². The lowest BCUT2D eigenvalue weighted by molar-refractivity contribution is -0.180. The van der Waals surface area contributed by atoms with Crippen molar-refractivity contribution in [3.63, 3.8) is 0 Å². The summed E-state index contributed by atoms with van der Waals surface area (Å²) in [6.45, 7) is 0.0252. The molecule has 0 unspecified atom stereocenters. The van der Waals surface area contributed by atoms with Gasteiger partial charge in [-0.2, -0.15) is 13.2 Å². The Morgan fingerprint density at radius 1 is 1.46 bits per heavy atom. The first kappa shape index (κ1) is 8.74. The van der Waals surface area contributed by atoms with Gasteiger partial charge in [0, 0.05) is 13.1 Å². The zero-order chi connectivity index (χ0) is 9.47. The maximum absolute atomic E-state index is 12.1. The van der Waals surface area contributed by atoms with Gasteiger partial charge in [0.05, 0.1) is 5.92 Å². The minimum atomic E-state index is -4.07. The molecule has 1 fully saturated rings. The first-order valence-corrected chi connectivity index (χ1v) is 4.53. The summed E-state index contributed by atoms with van der Waals surface area (Å²) in [4.78, 5) is 1.58. The molecular weight excluding hydrogens is 203 g/mol. The van der Waals surface area contributed by atoms with E-state index in [1.807, 2.05) is 0 Å². The van der Waals surface area contributed by atoms with Crippen molar-refractivity contribution < 1.29 is 13.2 Å². The van der Waals surface area contributed by atoms with Crippen LogP contribution in [0.15, 0.2) is 5.51 Å². The minimum Gasteiger partial charge on any atom is -0.345 e. The summed E-state index contributed by atoms with van der Waals surface area (Å²) in [5.41, 5.74) is 1.51. The monoisotopic (exact) mass is 209 g/mol. The quantitative estimate of drug-likeness (QED) is 0.702. The van der Waals surface area contributed by atoms with Crippen LogP contribution in [0.4, 0.5) is 18.3 Å². The van der Waals surface area contributed by atoms with E-state index in [0.29, 0.717) is 5.13 Å². The Labute approximate surface area is 76.2 Å².